The summed E-state index contributed by atoms with van der Waals surface area (Å²) in [7, 11) is 0. The van der Waals surface area contributed by atoms with Gasteiger partial charge in [-0.1, -0.05) is 13.8 Å². The fraction of sp³-hybridized carbons (Fsp3) is 0.611. The molecule has 1 aromatic carbocycles. The van der Waals surface area contributed by atoms with Crippen molar-refractivity contribution in [2.75, 3.05) is 26.2 Å². The third kappa shape index (κ3) is 5.16. The maximum atomic E-state index is 11.5. The van der Waals surface area contributed by atoms with Crippen LogP contribution in [-0.2, 0) is 0 Å². The molecule has 116 valence electrons. The average Bonchev–Trinajstić information content (AvgIpc) is 2.53. The predicted octanol–water partition coefficient (Wildman–Crippen LogP) is 3.78. The summed E-state index contributed by atoms with van der Waals surface area (Å²) in [6.45, 7) is 8.55. The van der Waals surface area contributed by atoms with Crippen LogP contribution in [0.25, 0.3) is 0 Å². The maximum absolute atomic E-state index is 11.5. The molecule has 0 radical (unpaired) electrons. The van der Waals surface area contributed by atoms with Gasteiger partial charge in [0, 0.05) is 18.5 Å². The molecule has 21 heavy (non-hydrogen) atoms. The van der Waals surface area contributed by atoms with E-state index in [0.29, 0.717) is 6.42 Å². The molecule has 2 rings (SSSR count). The largest absolute Gasteiger partial charge is 0.494 e. The third-order valence-electron chi connectivity index (χ3n) is 4.26. The second-order valence-electron chi connectivity index (χ2n) is 6.03. The molecule has 0 aliphatic carbocycles. The van der Waals surface area contributed by atoms with E-state index < -0.39 is 0 Å². The van der Waals surface area contributed by atoms with Crippen LogP contribution in [0.2, 0.25) is 0 Å². The molecule has 0 N–H and O–H groups in total. The Morgan fingerprint density at radius 2 is 1.90 bits per heavy atom. The van der Waals surface area contributed by atoms with Crippen LogP contribution in [0.4, 0.5) is 0 Å². The number of likely N-dealkylation sites (tertiary alicyclic amines) is 1. The van der Waals surface area contributed by atoms with Gasteiger partial charge >= 0.3 is 0 Å². The first-order valence-electron chi connectivity index (χ1n) is 8.17. The monoisotopic (exact) mass is 289 g/mol. The summed E-state index contributed by atoms with van der Waals surface area (Å²) in [6, 6.07) is 7.50. The molecule has 0 amide bonds. The topological polar surface area (TPSA) is 29.5 Å². The normalized spacial score (nSPS) is 16.9. The highest BCUT2D eigenvalue weighted by molar-refractivity contribution is 5.95. The van der Waals surface area contributed by atoms with Crippen LogP contribution in [0, 0.1) is 5.92 Å². The zero-order chi connectivity index (χ0) is 15.1. The van der Waals surface area contributed by atoms with Gasteiger partial charge in [-0.2, -0.15) is 0 Å². The Morgan fingerprint density at radius 1 is 1.24 bits per heavy atom. The molecule has 1 saturated heterocycles. The van der Waals surface area contributed by atoms with Crippen LogP contribution in [-0.4, -0.2) is 36.9 Å². The number of Topliss-reactive ketones (excluding diaryl/α,β-unsaturated/α-hetero) is 1. The highest BCUT2D eigenvalue weighted by atomic mass is 16.5. The van der Waals surface area contributed by atoms with E-state index in [1.54, 1.807) is 0 Å². The van der Waals surface area contributed by atoms with Gasteiger partial charge in [-0.3, -0.25) is 4.79 Å². The number of piperidine rings is 1. The fourth-order valence-electron chi connectivity index (χ4n) is 2.71. The molecule has 0 unspecified atom stereocenters. The predicted molar refractivity (Wildman–Crippen MR) is 86.0 cm³/mol. The summed E-state index contributed by atoms with van der Waals surface area (Å²) in [5, 5.41) is 0. The summed E-state index contributed by atoms with van der Waals surface area (Å²) in [4.78, 5) is 14.1. The lowest BCUT2D eigenvalue weighted by Crippen LogP contribution is -2.34. The lowest BCUT2D eigenvalue weighted by molar-refractivity contribution is 0.0988. The number of ether oxygens (including phenoxy) is 1. The van der Waals surface area contributed by atoms with Gasteiger partial charge in [0.25, 0.3) is 0 Å². The van der Waals surface area contributed by atoms with E-state index in [1.165, 1.54) is 25.9 Å². The van der Waals surface area contributed by atoms with Crippen LogP contribution >= 0.6 is 0 Å². The number of hydrogen-bond acceptors (Lipinski definition) is 3. The van der Waals surface area contributed by atoms with Gasteiger partial charge in [-0.15, -0.1) is 0 Å². The molecule has 0 aromatic heterocycles. The van der Waals surface area contributed by atoms with E-state index in [1.807, 2.05) is 31.2 Å². The van der Waals surface area contributed by atoms with Gasteiger partial charge in [0.05, 0.1) is 6.61 Å². The first-order chi connectivity index (χ1) is 10.2. The van der Waals surface area contributed by atoms with Crippen molar-refractivity contribution in [1.29, 1.82) is 0 Å². The molecule has 0 spiro atoms. The van der Waals surface area contributed by atoms with Crippen LogP contribution in [0.5, 0.6) is 5.75 Å². The highest BCUT2D eigenvalue weighted by Crippen LogP contribution is 2.16. The SMILES string of the molecule is CCC(=O)c1ccc(OCCCN2CCC(C)CC2)cc1. The smallest absolute Gasteiger partial charge is 0.162 e. The lowest BCUT2D eigenvalue weighted by Gasteiger charge is -2.30. The van der Waals surface area contributed by atoms with Crippen molar-refractivity contribution in [1.82, 2.24) is 4.90 Å². The Bertz CT molecular complexity index is 433. The molecule has 1 fully saturated rings. The number of hydrogen-bond donors (Lipinski definition) is 0. The van der Waals surface area contributed by atoms with E-state index in [0.717, 1.165) is 36.8 Å². The minimum atomic E-state index is 0.181. The van der Waals surface area contributed by atoms with Crippen molar-refractivity contribution in [3.05, 3.63) is 29.8 Å². The van der Waals surface area contributed by atoms with Gasteiger partial charge in [0.1, 0.15) is 5.75 Å². The second-order valence-corrected chi connectivity index (χ2v) is 6.03. The molecule has 3 nitrogen and oxygen atoms in total. The summed E-state index contributed by atoms with van der Waals surface area (Å²) >= 11 is 0. The van der Waals surface area contributed by atoms with Crippen LogP contribution in [0.3, 0.4) is 0 Å². The molecule has 1 heterocycles. The molecule has 0 bridgehead atoms. The Kier molecular flexibility index (Phi) is 6.24. The van der Waals surface area contributed by atoms with Crippen molar-refractivity contribution in [2.45, 2.75) is 39.5 Å². The van der Waals surface area contributed by atoms with Gasteiger partial charge < -0.3 is 9.64 Å². The van der Waals surface area contributed by atoms with Gasteiger partial charge in [-0.05, 0) is 62.5 Å². The number of nitrogens with zero attached hydrogens (tertiary/aromatic N) is 1. The Hall–Kier alpha value is -1.35. The van der Waals surface area contributed by atoms with E-state index in [-0.39, 0.29) is 5.78 Å². The van der Waals surface area contributed by atoms with Crippen LogP contribution < -0.4 is 4.74 Å². The summed E-state index contributed by atoms with van der Waals surface area (Å²) in [5.41, 5.74) is 0.771. The van der Waals surface area contributed by atoms with Crippen LogP contribution in [0.15, 0.2) is 24.3 Å². The minimum Gasteiger partial charge on any atom is -0.494 e. The molecular formula is C18H27NO2. The molecular weight excluding hydrogens is 262 g/mol. The van der Waals surface area contributed by atoms with Gasteiger partial charge in [-0.25, -0.2) is 0 Å². The van der Waals surface area contributed by atoms with E-state index in [2.05, 4.69) is 11.8 Å². The number of ketones is 1. The highest BCUT2D eigenvalue weighted by Gasteiger charge is 2.14. The molecule has 1 aromatic rings. The lowest BCUT2D eigenvalue weighted by atomic mass is 9.99. The van der Waals surface area contributed by atoms with Crippen LogP contribution in [0.1, 0.15) is 49.9 Å². The van der Waals surface area contributed by atoms with Crippen molar-refractivity contribution >= 4 is 5.78 Å². The molecule has 1 aliphatic rings. The Balaban J connectivity index is 1.65. The quantitative estimate of drug-likeness (QED) is 0.565. The third-order valence-corrected chi connectivity index (χ3v) is 4.26. The summed E-state index contributed by atoms with van der Waals surface area (Å²) in [5.74, 6) is 1.93. The number of rotatable bonds is 7. The van der Waals surface area contributed by atoms with E-state index in [4.69, 9.17) is 4.74 Å². The zero-order valence-corrected chi connectivity index (χ0v) is 13.3. The summed E-state index contributed by atoms with van der Waals surface area (Å²) in [6.07, 6.45) is 4.26. The molecule has 1 aliphatic heterocycles. The first-order valence-corrected chi connectivity index (χ1v) is 8.17. The zero-order valence-electron chi connectivity index (χ0n) is 13.3. The minimum absolute atomic E-state index is 0.181. The molecule has 0 saturated carbocycles. The Morgan fingerprint density at radius 3 is 2.52 bits per heavy atom. The van der Waals surface area contributed by atoms with E-state index in [9.17, 15) is 4.79 Å². The number of benzene rings is 1. The van der Waals surface area contributed by atoms with Gasteiger partial charge in [0.15, 0.2) is 5.78 Å². The number of carbonyl (C=O) groups is 1. The first kappa shape index (κ1) is 16.0. The maximum Gasteiger partial charge on any atom is 0.162 e. The summed E-state index contributed by atoms with van der Waals surface area (Å²) < 4.78 is 5.75. The second kappa shape index (κ2) is 8.18. The Labute approximate surface area is 128 Å². The van der Waals surface area contributed by atoms with Crippen molar-refractivity contribution < 1.29 is 9.53 Å². The molecule has 0 atom stereocenters. The standard InChI is InChI=1S/C18H27NO2/c1-3-18(20)16-5-7-17(8-6-16)21-14-4-11-19-12-9-15(2)10-13-19/h5-8,15H,3-4,9-14H2,1-2H3. The van der Waals surface area contributed by atoms with E-state index >= 15 is 0 Å². The molecule has 3 heteroatoms. The number of carbonyl (C=O) groups excluding carboxylic acids is 1. The van der Waals surface area contributed by atoms with Gasteiger partial charge in [0.2, 0.25) is 0 Å². The fourth-order valence-corrected chi connectivity index (χ4v) is 2.71. The van der Waals surface area contributed by atoms with Crippen molar-refractivity contribution in [2.24, 2.45) is 5.92 Å². The van der Waals surface area contributed by atoms with Crippen molar-refractivity contribution in [3.63, 3.8) is 0 Å². The van der Waals surface area contributed by atoms with Crippen molar-refractivity contribution in [3.8, 4) is 5.75 Å². The average molecular weight is 289 g/mol.